The van der Waals surface area contributed by atoms with Crippen LogP contribution in [0, 0.1) is 11.8 Å². The lowest BCUT2D eigenvalue weighted by atomic mass is 9.87. The number of hydrogen-bond donors (Lipinski definition) is 2. The molecule has 0 spiro atoms. The largest absolute Gasteiger partial charge is 0.392 e. The maximum atomic E-state index is 12.2. The Kier molecular flexibility index (Phi) is 10.2. The first kappa shape index (κ1) is 22.0. The van der Waals surface area contributed by atoms with Gasteiger partial charge in [-0.15, -0.1) is 0 Å². The van der Waals surface area contributed by atoms with Crippen LogP contribution in [0.15, 0.2) is 12.2 Å². The summed E-state index contributed by atoms with van der Waals surface area (Å²) in [6.07, 6.45) is 13.2. The highest BCUT2D eigenvalue weighted by Gasteiger charge is 2.39. The van der Waals surface area contributed by atoms with Crippen molar-refractivity contribution in [3.63, 3.8) is 0 Å². The highest BCUT2D eigenvalue weighted by molar-refractivity contribution is 5.84. The average molecular weight is 353 g/mol. The highest BCUT2D eigenvalue weighted by Crippen LogP contribution is 2.34. The summed E-state index contributed by atoms with van der Waals surface area (Å²) in [6, 6.07) is 0. The Labute approximate surface area is 152 Å². The van der Waals surface area contributed by atoms with Gasteiger partial charge in [-0.2, -0.15) is 0 Å². The monoisotopic (exact) mass is 352 g/mol. The molecule has 0 aromatic rings. The summed E-state index contributed by atoms with van der Waals surface area (Å²) in [5.74, 6) is -0.0600. The van der Waals surface area contributed by atoms with Crippen molar-refractivity contribution in [2.24, 2.45) is 11.8 Å². The van der Waals surface area contributed by atoms with Crippen LogP contribution < -0.4 is 0 Å². The molecule has 0 heterocycles. The molecule has 0 aromatic carbocycles. The second-order valence-corrected chi connectivity index (χ2v) is 7.81. The van der Waals surface area contributed by atoms with Gasteiger partial charge < -0.3 is 15.0 Å². The van der Waals surface area contributed by atoms with Crippen molar-refractivity contribution in [1.29, 1.82) is 0 Å². The Balaban J connectivity index is 2.46. The summed E-state index contributed by atoms with van der Waals surface area (Å²) in [7, 11) is 0. The summed E-state index contributed by atoms with van der Waals surface area (Å²) in [6.45, 7) is 3.95. The molecule has 1 aliphatic rings. The van der Waals surface area contributed by atoms with Gasteiger partial charge in [-0.1, -0.05) is 51.2 Å². The molecule has 0 bridgehead atoms. The fourth-order valence-electron chi connectivity index (χ4n) is 3.68. The first-order valence-corrected chi connectivity index (χ1v) is 9.94. The second kappa shape index (κ2) is 11.6. The molecule has 0 amide bonds. The molecule has 1 aliphatic carbocycles. The minimum atomic E-state index is -0.714. The number of aldehydes is 1. The second-order valence-electron chi connectivity index (χ2n) is 7.81. The van der Waals surface area contributed by atoms with Crippen molar-refractivity contribution in [3.8, 4) is 0 Å². The van der Waals surface area contributed by atoms with E-state index in [0.29, 0.717) is 12.8 Å². The maximum Gasteiger partial charge on any atom is 0.139 e. The van der Waals surface area contributed by atoms with E-state index in [-0.39, 0.29) is 24.0 Å². The van der Waals surface area contributed by atoms with Gasteiger partial charge in [0, 0.05) is 24.7 Å². The third kappa shape index (κ3) is 8.28. The third-order valence-electron chi connectivity index (χ3n) is 5.30. The molecule has 1 rings (SSSR count). The van der Waals surface area contributed by atoms with Crippen LogP contribution in [0.5, 0.6) is 0 Å². The van der Waals surface area contributed by atoms with E-state index >= 15 is 0 Å². The van der Waals surface area contributed by atoms with Gasteiger partial charge in [0.05, 0.1) is 11.7 Å². The van der Waals surface area contributed by atoms with Crippen molar-refractivity contribution < 1.29 is 19.8 Å². The normalized spacial score (nSPS) is 26.2. The van der Waals surface area contributed by atoms with Gasteiger partial charge in [-0.25, -0.2) is 0 Å². The van der Waals surface area contributed by atoms with Crippen LogP contribution >= 0.6 is 0 Å². The molecular weight excluding hydrogens is 316 g/mol. The van der Waals surface area contributed by atoms with E-state index in [9.17, 15) is 19.8 Å². The number of aliphatic hydroxyl groups excluding tert-OH is 1. The molecule has 0 aliphatic heterocycles. The number of rotatable bonds is 13. The number of ketones is 1. The van der Waals surface area contributed by atoms with Gasteiger partial charge in [-0.3, -0.25) is 4.79 Å². The maximum absolute atomic E-state index is 12.2. The zero-order chi connectivity index (χ0) is 18.7. The predicted molar refractivity (Wildman–Crippen MR) is 100 cm³/mol. The predicted octanol–water partition coefficient (Wildman–Crippen LogP) is 3.98. The molecule has 4 nitrogen and oxygen atoms in total. The lowest BCUT2D eigenvalue weighted by Gasteiger charge is -2.22. The molecule has 4 atom stereocenters. The van der Waals surface area contributed by atoms with E-state index in [1.54, 1.807) is 0 Å². The minimum Gasteiger partial charge on any atom is -0.392 e. The fraction of sp³-hybridized carbons (Fsp3) is 0.810. The first-order valence-electron chi connectivity index (χ1n) is 9.94. The smallest absolute Gasteiger partial charge is 0.139 e. The molecular formula is C21H36O4. The van der Waals surface area contributed by atoms with Crippen molar-refractivity contribution in [3.05, 3.63) is 12.2 Å². The van der Waals surface area contributed by atoms with Crippen LogP contribution in [0.3, 0.4) is 0 Å². The van der Waals surface area contributed by atoms with Crippen LogP contribution in [0.4, 0.5) is 0 Å². The zero-order valence-corrected chi connectivity index (χ0v) is 16.0. The van der Waals surface area contributed by atoms with Gasteiger partial charge in [0.2, 0.25) is 0 Å². The lowest BCUT2D eigenvalue weighted by Crippen LogP contribution is -2.23. The Morgan fingerprint density at radius 2 is 1.92 bits per heavy atom. The molecule has 1 fully saturated rings. The van der Waals surface area contributed by atoms with Crippen LogP contribution in [0.25, 0.3) is 0 Å². The molecule has 2 N–H and O–H groups in total. The summed E-state index contributed by atoms with van der Waals surface area (Å²) in [4.78, 5) is 22.5. The van der Waals surface area contributed by atoms with Crippen LogP contribution in [-0.2, 0) is 9.59 Å². The number of carbonyl (C=O) groups excluding carboxylic acids is 2. The Morgan fingerprint density at radius 3 is 2.60 bits per heavy atom. The molecule has 144 valence electrons. The van der Waals surface area contributed by atoms with E-state index in [0.717, 1.165) is 57.7 Å². The van der Waals surface area contributed by atoms with Gasteiger partial charge in [0.25, 0.3) is 0 Å². The van der Waals surface area contributed by atoms with Gasteiger partial charge >= 0.3 is 0 Å². The van der Waals surface area contributed by atoms with Gasteiger partial charge in [-0.05, 0) is 32.6 Å². The van der Waals surface area contributed by atoms with Gasteiger partial charge in [0.1, 0.15) is 12.1 Å². The molecule has 0 aromatic heterocycles. The molecule has 3 unspecified atom stereocenters. The average Bonchev–Trinajstić information content (AvgIpc) is 2.82. The number of Topliss-reactive ketones (excluding diaryl/α,β-unsaturated/α-hetero) is 1. The third-order valence-corrected chi connectivity index (χ3v) is 5.30. The van der Waals surface area contributed by atoms with Crippen molar-refractivity contribution in [2.45, 2.75) is 96.2 Å². The van der Waals surface area contributed by atoms with Crippen molar-refractivity contribution in [2.75, 3.05) is 0 Å². The molecule has 25 heavy (non-hydrogen) atoms. The molecule has 0 radical (unpaired) electrons. The van der Waals surface area contributed by atoms with E-state index in [2.05, 4.69) is 6.92 Å². The SMILES string of the molecule is CCCC[C@](C)(O)C/C=C/C1C(O)CC(=O)C1CCCCCCC=O. The molecule has 4 heteroatoms. The van der Waals surface area contributed by atoms with Crippen molar-refractivity contribution >= 4 is 12.1 Å². The number of hydrogen-bond acceptors (Lipinski definition) is 4. The lowest BCUT2D eigenvalue weighted by molar-refractivity contribution is -0.121. The van der Waals surface area contributed by atoms with Crippen LogP contribution in [0.1, 0.15) is 84.5 Å². The fourth-order valence-corrected chi connectivity index (χ4v) is 3.68. The number of unbranched alkanes of at least 4 members (excludes halogenated alkanes) is 5. The Hall–Kier alpha value is -1.00. The zero-order valence-electron chi connectivity index (χ0n) is 16.0. The Morgan fingerprint density at radius 1 is 1.20 bits per heavy atom. The van der Waals surface area contributed by atoms with Gasteiger partial charge in [0.15, 0.2) is 0 Å². The van der Waals surface area contributed by atoms with Crippen LogP contribution in [0.2, 0.25) is 0 Å². The Bertz CT molecular complexity index is 428. The highest BCUT2D eigenvalue weighted by atomic mass is 16.3. The minimum absolute atomic E-state index is 0.0992. The summed E-state index contributed by atoms with van der Waals surface area (Å²) in [5.41, 5.74) is -0.714. The molecule has 0 saturated heterocycles. The standard InChI is InChI=1S/C21H36O4/c1-3-4-13-21(2,25)14-10-12-18-17(19(23)16-20(18)24)11-8-6-5-7-9-15-22/h10,12,15,17-18,20,24-25H,3-9,11,13-14,16H2,1-2H3/b12-10+/t17?,18?,20?,21-/m0/s1. The number of carbonyl (C=O) groups is 2. The van der Waals surface area contributed by atoms with E-state index < -0.39 is 11.7 Å². The van der Waals surface area contributed by atoms with Crippen LogP contribution in [-0.4, -0.2) is 34.0 Å². The quantitative estimate of drug-likeness (QED) is 0.299. The molecule has 1 saturated carbocycles. The first-order chi connectivity index (χ1) is 11.9. The number of aliphatic hydroxyl groups is 2. The van der Waals surface area contributed by atoms with E-state index in [1.807, 2.05) is 19.1 Å². The summed E-state index contributed by atoms with van der Waals surface area (Å²) >= 11 is 0. The van der Waals surface area contributed by atoms with E-state index in [4.69, 9.17) is 0 Å². The summed E-state index contributed by atoms with van der Waals surface area (Å²) < 4.78 is 0. The van der Waals surface area contributed by atoms with E-state index in [1.165, 1.54) is 0 Å². The van der Waals surface area contributed by atoms with Crippen molar-refractivity contribution in [1.82, 2.24) is 0 Å². The topological polar surface area (TPSA) is 74.6 Å². The summed E-state index contributed by atoms with van der Waals surface area (Å²) in [5, 5.41) is 20.5.